The molecule has 1 aromatic carbocycles. The number of hydrogen-bond acceptors (Lipinski definition) is 3. The third-order valence-electron chi connectivity index (χ3n) is 2.92. The molecule has 0 aromatic heterocycles. The fourth-order valence-electron chi connectivity index (χ4n) is 2.16. The molecule has 2 rings (SSSR count). The number of guanidine groups is 1. The number of nitrogens with zero attached hydrogens (tertiary/aromatic N) is 2. The lowest BCUT2D eigenvalue weighted by atomic mass is 10.0. The second-order valence-electron chi connectivity index (χ2n) is 4.36. The molecule has 0 amide bonds. The van der Waals surface area contributed by atoms with Gasteiger partial charge < -0.3 is 10.6 Å². The highest BCUT2D eigenvalue weighted by Crippen LogP contribution is 2.29. The lowest BCUT2D eigenvalue weighted by molar-refractivity contribution is 0.282. The molecule has 1 heterocycles. The Labute approximate surface area is 98.9 Å². The van der Waals surface area contributed by atoms with E-state index in [1.807, 2.05) is 13.8 Å². The van der Waals surface area contributed by atoms with Crippen LogP contribution in [0.15, 0.2) is 23.2 Å². The Bertz CT molecular complexity index is 457. The summed E-state index contributed by atoms with van der Waals surface area (Å²) in [4.78, 5) is 5.90. The summed E-state index contributed by atoms with van der Waals surface area (Å²) in [6, 6.07) is 3.96. The molecular formula is C12H15F2N3. The van der Waals surface area contributed by atoms with Crippen LogP contribution in [0.5, 0.6) is 0 Å². The van der Waals surface area contributed by atoms with E-state index in [0.29, 0.717) is 18.1 Å². The zero-order valence-electron chi connectivity index (χ0n) is 9.82. The number of halogens is 2. The normalized spacial score (nSPS) is 19.9. The first-order chi connectivity index (χ1) is 8.02. The summed E-state index contributed by atoms with van der Waals surface area (Å²) in [6.07, 6.45) is 0. The zero-order valence-corrected chi connectivity index (χ0v) is 9.82. The average molecular weight is 239 g/mol. The Hall–Kier alpha value is -1.65. The van der Waals surface area contributed by atoms with Crippen LogP contribution in [0, 0.1) is 11.6 Å². The van der Waals surface area contributed by atoms with E-state index >= 15 is 0 Å². The van der Waals surface area contributed by atoms with Crippen molar-refractivity contribution in [1.82, 2.24) is 4.90 Å². The largest absolute Gasteiger partial charge is 0.370 e. The van der Waals surface area contributed by atoms with Crippen molar-refractivity contribution >= 4 is 5.96 Å². The monoisotopic (exact) mass is 239 g/mol. The molecule has 5 heteroatoms. The summed E-state index contributed by atoms with van der Waals surface area (Å²) in [5.74, 6) is -1.27. The lowest BCUT2D eigenvalue weighted by Gasteiger charge is -2.30. The van der Waals surface area contributed by atoms with Gasteiger partial charge in [0.25, 0.3) is 0 Å². The number of benzene rings is 1. The number of nitrogens with two attached hydrogens (primary N) is 1. The van der Waals surface area contributed by atoms with Gasteiger partial charge in [0.2, 0.25) is 0 Å². The summed E-state index contributed by atoms with van der Waals surface area (Å²) >= 11 is 0. The van der Waals surface area contributed by atoms with Crippen LogP contribution >= 0.6 is 0 Å². The van der Waals surface area contributed by atoms with E-state index in [4.69, 9.17) is 5.73 Å². The van der Waals surface area contributed by atoms with Crippen molar-refractivity contribution in [3.8, 4) is 0 Å². The summed E-state index contributed by atoms with van der Waals surface area (Å²) in [6.45, 7) is 4.25. The van der Waals surface area contributed by atoms with E-state index in [1.165, 1.54) is 6.07 Å². The van der Waals surface area contributed by atoms with E-state index in [9.17, 15) is 8.78 Å². The minimum Gasteiger partial charge on any atom is -0.370 e. The van der Waals surface area contributed by atoms with Crippen molar-refractivity contribution < 1.29 is 8.78 Å². The third-order valence-corrected chi connectivity index (χ3v) is 2.92. The van der Waals surface area contributed by atoms with Gasteiger partial charge in [-0.2, -0.15) is 0 Å². The summed E-state index contributed by atoms with van der Waals surface area (Å²) in [5, 5.41) is 0. The second kappa shape index (κ2) is 4.31. The van der Waals surface area contributed by atoms with Crippen LogP contribution in [0.1, 0.15) is 25.5 Å². The summed E-state index contributed by atoms with van der Waals surface area (Å²) in [7, 11) is 0. The van der Waals surface area contributed by atoms with Crippen molar-refractivity contribution in [3.05, 3.63) is 35.4 Å². The Balaban J connectivity index is 2.38. The van der Waals surface area contributed by atoms with Crippen molar-refractivity contribution in [2.75, 3.05) is 6.54 Å². The molecule has 1 unspecified atom stereocenters. The van der Waals surface area contributed by atoms with Gasteiger partial charge in [-0.3, -0.25) is 4.99 Å². The summed E-state index contributed by atoms with van der Waals surface area (Å²) < 4.78 is 26.9. The van der Waals surface area contributed by atoms with Gasteiger partial charge >= 0.3 is 0 Å². The van der Waals surface area contributed by atoms with Gasteiger partial charge in [0.05, 0.1) is 12.6 Å². The Morgan fingerprint density at radius 1 is 1.41 bits per heavy atom. The number of hydrogen-bond donors (Lipinski definition) is 1. The van der Waals surface area contributed by atoms with Crippen LogP contribution in [0.25, 0.3) is 0 Å². The predicted octanol–water partition coefficient (Wildman–Crippen LogP) is 2.04. The predicted molar refractivity (Wildman–Crippen MR) is 62.6 cm³/mol. The fraction of sp³-hybridized carbons (Fsp3) is 0.417. The maximum atomic E-state index is 13.7. The minimum atomic E-state index is -0.836. The quantitative estimate of drug-likeness (QED) is 0.858. The van der Waals surface area contributed by atoms with Gasteiger partial charge in [0.15, 0.2) is 17.6 Å². The number of rotatable bonds is 2. The molecule has 3 nitrogen and oxygen atoms in total. The molecule has 0 fully saturated rings. The van der Waals surface area contributed by atoms with E-state index in [0.717, 1.165) is 6.07 Å². The molecule has 0 saturated heterocycles. The molecule has 0 spiro atoms. The van der Waals surface area contributed by atoms with Crippen LogP contribution in [0.2, 0.25) is 0 Å². The highest BCUT2D eigenvalue weighted by Gasteiger charge is 2.31. The SMILES string of the molecule is CC(C)N1C(N)=NCC1c1cccc(F)c1F. The Kier molecular flexibility index (Phi) is 3.00. The summed E-state index contributed by atoms with van der Waals surface area (Å²) in [5.41, 5.74) is 6.06. The van der Waals surface area contributed by atoms with Crippen LogP contribution < -0.4 is 5.73 Å². The maximum absolute atomic E-state index is 13.7. The molecular weight excluding hydrogens is 224 g/mol. The molecule has 0 bridgehead atoms. The van der Waals surface area contributed by atoms with E-state index < -0.39 is 11.6 Å². The van der Waals surface area contributed by atoms with Gasteiger partial charge in [0, 0.05) is 11.6 Å². The van der Waals surface area contributed by atoms with E-state index in [-0.39, 0.29) is 12.1 Å². The van der Waals surface area contributed by atoms with Gasteiger partial charge in [-0.15, -0.1) is 0 Å². The molecule has 1 aliphatic heterocycles. The van der Waals surface area contributed by atoms with Crippen molar-refractivity contribution in [1.29, 1.82) is 0 Å². The Morgan fingerprint density at radius 3 is 2.76 bits per heavy atom. The van der Waals surface area contributed by atoms with Gasteiger partial charge in [-0.05, 0) is 19.9 Å². The van der Waals surface area contributed by atoms with Gasteiger partial charge in [-0.1, -0.05) is 12.1 Å². The number of aliphatic imine (C=N–C) groups is 1. The smallest absolute Gasteiger partial charge is 0.192 e. The first kappa shape index (κ1) is 11.8. The van der Waals surface area contributed by atoms with E-state index in [2.05, 4.69) is 4.99 Å². The lowest BCUT2D eigenvalue weighted by Crippen LogP contribution is -2.41. The molecule has 1 atom stereocenters. The molecule has 0 radical (unpaired) electrons. The molecule has 0 aliphatic carbocycles. The molecule has 2 N–H and O–H groups in total. The molecule has 17 heavy (non-hydrogen) atoms. The molecule has 0 saturated carbocycles. The van der Waals surface area contributed by atoms with Gasteiger partial charge in [-0.25, -0.2) is 8.78 Å². The first-order valence-corrected chi connectivity index (χ1v) is 5.54. The fourth-order valence-corrected chi connectivity index (χ4v) is 2.16. The van der Waals surface area contributed by atoms with Crippen LogP contribution in [-0.2, 0) is 0 Å². The standard InChI is InChI=1S/C12H15F2N3/c1-7(2)17-10(6-16-12(17)15)8-4-3-5-9(13)11(8)14/h3-5,7,10H,6H2,1-2H3,(H2,15,16). The second-order valence-corrected chi connectivity index (χ2v) is 4.36. The molecule has 1 aromatic rings. The van der Waals surface area contributed by atoms with Crippen molar-refractivity contribution in [2.24, 2.45) is 10.7 Å². The Morgan fingerprint density at radius 2 is 2.12 bits per heavy atom. The topological polar surface area (TPSA) is 41.6 Å². The van der Waals surface area contributed by atoms with Crippen LogP contribution in [0.4, 0.5) is 8.78 Å². The highest BCUT2D eigenvalue weighted by molar-refractivity contribution is 5.80. The van der Waals surface area contributed by atoms with Crippen molar-refractivity contribution in [2.45, 2.75) is 25.9 Å². The maximum Gasteiger partial charge on any atom is 0.192 e. The van der Waals surface area contributed by atoms with Gasteiger partial charge in [0.1, 0.15) is 0 Å². The minimum absolute atomic E-state index is 0.0916. The highest BCUT2D eigenvalue weighted by atomic mass is 19.2. The molecule has 92 valence electrons. The molecule has 1 aliphatic rings. The van der Waals surface area contributed by atoms with Crippen molar-refractivity contribution in [3.63, 3.8) is 0 Å². The van der Waals surface area contributed by atoms with E-state index in [1.54, 1.807) is 11.0 Å². The average Bonchev–Trinajstić information content (AvgIpc) is 2.64. The zero-order chi connectivity index (χ0) is 12.6. The first-order valence-electron chi connectivity index (χ1n) is 5.54. The van der Waals surface area contributed by atoms with Crippen LogP contribution in [-0.4, -0.2) is 23.4 Å². The third kappa shape index (κ3) is 1.97. The van der Waals surface area contributed by atoms with Crippen LogP contribution in [0.3, 0.4) is 0 Å².